The van der Waals surface area contributed by atoms with E-state index in [0.717, 1.165) is 0 Å². The second-order valence-corrected chi connectivity index (χ2v) is 12.7. The Morgan fingerprint density at radius 2 is 1.38 bits per heavy atom. The lowest BCUT2D eigenvalue weighted by atomic mass is 10.0. The molecule has 258 valence electrons. The number of rotatable bonds is 16. The molecule has 0 saturated heterocycles. The van der Waals surface area contributed by atoms with Gasteiger partial charge in [0.15, 0.2) is 5.13 Å². The third-order valence-corrected chi connectivity index (χ3v) is 7.16. The van der Waals surface area contributed by atoms with Crippen molar-refractivity contribution in [2.75, 3.05) is 18.4 Å². The Morgan fingerprint density at radius 3 is 1.91 bits per heavy atom. The van der Waals surface area contributed by atoms with E-state index in [1.54, 1.807) is 32.9 Å². The SMILES string of the molecule is C[C@H](NC(=O)CNc1ncc(CO)s1)C(=O)N[C@@H](C)C(=O)N[C@@H](C)C(=O)N[C@@H](Cc1ccc(O)cc1)C(=O)NCC(=O)OC(C)(C)C. The number of esters is 1. The largest absolute Gasteiger partial charge is 0.508 e. The molecule has 0 radical (unpaired) electrons. The normalized spacial score (nSPS) is 13.6. The zero-order valence-electron chi connectivity index (χ0n) is 27.1. The van der Waals surface area contributed by atoms with E-state index in [0.29, 0.717) is 15.6 Å². The minimum Gasteiger partial charge on any atom is -0.508 e. The highest BCUT2D eigenvalue weighted by atomic mass is 32.1. The van der Waals surface area contributed by atoms with Gasteiger partial charge in [-0.25, -0.2) is 4.98 Å². The predicted molar refractivity (Wildman–Crippen MR) is 172 cm³/mol. The number of aromatic hydroxyl groups is 1. The highest BCUT2D eigenvalue weighted by Crippen LogP contribution is 2.17. The molecule has 17 heteroatoms. The van der Waals surface area contributed by atoms with Crippen LogP contribution in [0.3, 0.4) is 0 Å². The number of nitrogens with one attached hydrogen (secondary N) is 6. The fourth-order valence-electron chi connectivity index (χ4n) is 3.82. The van der Waals surface area contributed by atoms with Gasteiger partial charge in [-0.2, -0.15) is 0 Å². The molecular formula is C30H43N7O9S. The first-order valence-corrected chi connectivity index (χ1v) is 15.6. The van der Waals surface area contributed by atoms with Crippen molar-refractivity contribution in [2.45, 2.75) is 84.3 Å². The number of nitrogens with zero attached hydrogens (tertiary/aromatic N) is 1. The summed E-state index contributed by atoms with van der Waals surface area (Å²) in [6.07, 6.45) is 1.48. The highest BCUT2D eigenvalue weighted by molar-refractivity contribution is 7.15. The van der Waals surface area contributed by atoms with Gasteiger partial charge in [0.05, 0.1) is 18.0 Å². The summed E-state index contributed by atoms with van der Waals surface area (Å²) >= 11 is 1.18. The van der Waals surface area contributed by atoms with Crippen molar-refractivity contribution in [2.24, 2.45) is 0 Å². The standard InChI is InChI=1S/C30H43N7O9S/c1-16(34-23(40)13-33-29-32-12-21(15-38)47-29)25(42)35-17(2)26(43)36-18(3)27(44)37-22(11-19-7-9-20(39)10-8-19)28(45)31-14-24(41)46-30(4,5)6/h7-10,12,16-18,22,38-39H,11,13-15H2,1-6H3,(H,31,45)(H,32,33)(H,34,40)(H,35,42)(H,36,43)(H,37,44)/t16-,17-,18-,22-/m0/s1. The molecule has 1 aromatic heterocycles. The van der Waals surface area contributed by atoms with E-state index in [2.05, 4.69) is 36.9 Å². The van der Waals surface area contributed by atoms with Gasteiger partial charge >= 0.3 is 5.97 Å². The number of aliphatic hydroxyl groups is 1. The maximum atomic E-state index is 13.0. The van der Waals surface area contributed by atoms with Crippen LogP contribution in [0, 0.1) is 0 Å². The fraction of sp³-hybridized carbons (Fsp3) is 0.500. The van der Waals surface area contributed by atoms with Crippen LogP contribution in [0.2, 0.25) is 0 Å². The molecule has 47 heavy (non-hydrogen) atoms. The maximum Gasteiger partial charge on any atom is 0.325 e. The molecule has 4 atom stereocenters. The van der Waals surface area contributed by atoms with Gasteiger partial charge in [-0.05, 0) is 59.2 Å². The van der Waals surface area contributed by atoms with E-state index in [1.165, 1.54) is 50.4 Å². The summed E-state index contributed by atoms with van der Waals surface area (Å²) < 4.78 is 5.20. The van der Waals surface area contributed by atoms with Gasteiger partial charge in [-0.1, -0.05) is 23.5 Å². The Morgan fingerprint density at radius 1 is 0.830 bits per heavy atom. The number of phenolic OH excluding ortho intramolecular Hbond substituents is 1. The molecule has 0 unspecified atom stereocenters. The number of amides is 5. The summed E-state index contributed by atoms with van der Waals surface area (Å²) in [5, 5.41) is 34.4. The lowest BCUT2D eigenvalue weighted by molar-refractivity contribution is -0.154. The number of phenols is 1. The number of anilines is 1. The molecule has 0 fully saturated rings. The van der Waals surface area contributed by atoms with Crippen molar-refractivity contribution in [3.8, 4) is 5.75 Å². The number of carbonyl (C=O) groups is 6. The quantitative estimate of drug-likeness (QED) is 0.105. The molecular weight excluding hydrogens is 634 g/mol. The smallest absolute Gasteiger partial charge is 0.325 e. The number of carbonyl (C=O) groups excluding carboxylic acids is 6. The van der Waals surface area contributed by atoms with Gasteiger partial charge in [0, 0.05) is 12.6 Å². The van der Waals surface area contributed by atoms with Crippen molar-refractivity contribution in [3.63, 3.8) is 0 Å². The lowest BCUT2D eigenvalue weighted by Gasteiger charge is -2.23. The van der Waals surface area contributed by atoms with Crippen LogP contribution in [0.25, 0.3) is 0 Å². The summed E-state index contributed by atoms with van der Waals surface area (Å²) in [4.78, 5) is 80.4. The second kappa shape index (κ2) is 17.8. The monoisotopic (exact) mass is 677 g/mol. The summed E-state index contributed by atoms with van der Waals surface area (Å²) in [7, 11) is 0. The maximum absolute atomic E-state index is 13.0. The topological polar surface area (TPSA) is 237 Å². The number of thiazole rings is 1. The Kier molecular flexibility index (Phi) is 14.5. The van der Waals surface area contributed by atoms with E-state index in [9.17, 15) is 33.9 Å². The fourth-order valence-corrected chi connectivity index (χ4v) is 4.49. The zero-order valence-corrected chi connectivity index (χ0v) is 27.9. The number of hydrogen-bond acceptors (Lipinski definition) is 12. The van der Waals surface area contributed by atoms with E-state index in [4.69, 9.17) is 9.84 Å². The van der Waals surface area contributed by atoms with Crippen LogP contribution in [0.1, 0.15) is 52.0 Å². The molecule has 0 aliphatic heterocycles. The number of aliphatic hydroxyl groups excluding tert-OH is 1. The van der Waals surface area contributed by atoms with Crippen LogP contribution < -0.4 is 31.9 Å². The van der Waals surface area contributed by atoms with E-state index in [1.807, 2.05) is 0 Å². The molecule has 8 N–H and O–H groups in total. The highest BCUT2D eigenvalue weighted by Gasteiger charge is 2.28. The summed E-state index contributed by atoms with van der Waals surface area (Å²) in [6, 6.07) is 1.60. The molecule has 1 aromatic carbocycles. The molecule has 2 aromatic rings. The predicted octanol–water partition coefficient (Wildman–Crippen LogP) is -0.548. The van der Waals surface area contributed by atoms with Crippen LogP contribution in [-0.4, -0.2) is 93.6 Å². The van der Waals surface area contributed by atoms with Crippen molar-refractivity contribution in [3.05, 3.63) is 40.9 Å². The van der Waals surface area contributed by atoms with Gasteiger partial charge in [-0.15, -0.1) is 0 Å². The van der Waals surface area contributed by atoms with Crippen LogP contribution in [-0.2, 0) is 46.5 Å². The van der Waals surface area contributed by atoms with Crippen LogP contribution in [0.5, 0.6) is 5.75 Å². The van der Waals surface area contributed by atoms with Gasteiger partial charge < -0.3 is 46.9 Å². The summed E-state index contributed by atoms with van der Waals surface area (Å²) in [5.74, 6) is -3.90. The van der Waals surface area contributed by atoms with Crippen molar-refractivity contribution in [1.82, 2.24) is 31.6 Å². The van der Waals surface area contributed by atoms with Crippen molar-refractivity contribution >= 4 is 52.0 Å². The molecule has 16 nitrogen and oxygen atoms in total. The zero-order chi connectivity index (χ0) is 35.3. The van der Waals surface area contributed by atoms with E-state index >= 15 is 0 Å². The minimum absolute atomic E-state index is 0.00591. The van der Waals surface area contributed by atoms with E-state index in [-0.39, 0.29) is 25.3 Å². The van der Waals surface area contributed by atoms with Crippen molar-refractivity contribution in [1.29, 1.82) is 0 Å². The van der Waals surface area contributed by atoms with Gasteiger partial charge in [-0.3, -0.25) is 28.8 Å². The molecule has 0 saturated carbocycles. The first kappa shape index (κ1) is 38.4. The number of hydrogen-bond donors (Lipinski definition) is 8. The lowest BCUT2D eigenvalue weighted by Crippen LogP contribution is -2.57. The molecule has 0 aliphatic rings. The third-order valence-electron chi connectivity index (χ3n) is 6.22. The first-order valence-electron chi connectivity index (χ1n) is 14.7. The Labute approximate surface area is 276 Å². The average molecular weight is 678 g/mol. The first-order chi connectivity index (χ1) is 22.0. The Bertz CT molecular complexity index is 1410. The van der Waals surface area contributed by atoms with Gasteiger partial charge in [0.25, 0.3) is 0 Å². The molecule has 1 heterocycles. The molecule has 0 spiro atoms. The third kappa shape index (κ3) is 14.0. The number of benzene rings is 1. The Hall–Kier alpha value is -4.77. The average Bonchev–Trinajstić information content (AvgIpc) is 3.46. The summed E-state index contributed by atoms with van der Waals surface area (Å²) in [5.41, 5.74) is -0.159. The van der Waals surface area contributed by atoms with Crippen LogP contribution in [0.15, 0.2) is 30.5 Å². The minimum atomic E-state index is -1.16. The van der Waals surface area contributed by atoms with Gasteiger partial charge in [0.1, 0.15) is 42.1 Å². The second-order valence-electron chi connectivity index (χ2n) is 11.6. The molecule has 5 amide bonds. The molecule has 0 aliphatic carbocycles. The molecule has 0 bridgehead atoms. The summed E-state index contributed by atoms with van der Waals surface area (Å²) in [6.45, 7) is 8.48. The van der Waals surface area contributed by atoms with Crippen molar-refractivity contribution < 1.29 is 43.7 Å². The Balaban J connectivity index is 1.91. The van der Waals surface area contributed by atoms with Crippen LogP contribution >= 0.6 is 11.3 Å². The van der Waals surface area contributed by atoms with Gasteiger partial charge in [0.2, 0.25) is 29.5 Å². The van der Waals surface area contributed by atoms with Crippen LogP contribution in [0.4, 0.5) is 5.13 Å². The molecule has 2 rings (SSSR count). The number of ether oxygens (including phenoxy) is 1. The van der Waals surface area contributed by atoms with E-state index < -0.39 is 71.8 Å². The number of aromatic nitrogens is 1.